The van der Waals surface area contributed by atoms with E-state index in [9.17, 15) is 8.42 Å². The summed E-state index contributed by atoms with van der Waals surface area (Å²) < 4.78 is 26.6. The van der Waals surface area contributed by atoms with Crippen molar-refractivity contribution in [2.75, 3.05) is 6.54 Å². The molecule has 1 unspecified atom stereocenters. The van der Waals surface area contributed by atoms with Gasteiger partial charge >= 0.3 is 0 Å². The minimum atomic E-state index is -3.39. The maximum Gasteiger partial charge on any atom is 0.240 e. The molecule has 0 aromatic heterocycles. The molecule has 102 valence electrons. The Morgan fingerprint density at radius 1 is 1.28 bits per heavy atom. The zero-order chi connectivity index (χ0) is 13.8. The van der Waals surface area contributed by atoms with Gasteiger partial charge in [-0.3, -0.25) is 0 Å². The molecule has 0 fully saturated rings. The van der Waals surface area contributed by atoms with E-state index < -0.39 is 10.0 Å². The fraction of sp³-hybridized carbons (Fsp3) is 0.538. The molecular formula is C13H22N2O2S. The third-order valence-corrected chi connectivity index (χ3v) is 4.38. The van der Waals surface area contributed by atoms with E-state index in [0.717, 1.165) is 24.0 Å². The lowest BCUT2D eigenvalue weighted by atomic mass is 10.1. The van der Waals surface area contributed by atoms with E-state index >= 15 is 0 Å². The Hall–Kier alpha value is -0.910. The molecule has 1 rings (SSSR count). The van der Waals surface area contributed by atoms with Crippen LogP contribution in [0.5, 0.6) is 0 Å². The first-order valence-corrected chi connectivity index (χ1v) is 7.64. The average molecular weight is 270 g/mol. The van der Waals surface area contributed by atoms with Crippen molar-refractivity contribution < 1.29 is 8.42 Å². The molecule has 1 atom stereocenters. The van der Waals surface area contributed by atoms with Crippen molar-refractivity contribution in [3.63, 3.8) is 0 Å². The van der Waals surface area contributed by atoms with E-state index in [0.29, 0.717) is 11.4 Å². The predicted molar refractivity (Wildman–Crippen MR) is 74.0 cm³/mol. The molecule has 0 aliphatic carbocycles. The monoisotopic (exact) mass is 270 g/mol. The van der Waals surface area contributed by atoms with Crippen molar-refractivity contribution >= 4 is 10.0 Å². The Balaban J connectivity index is 2.66. The quantitative estimate of drug-likeness (QED) is 0.773. The largest absolute Gasteiger partial charge is 0.328 e. The molecule has 3 N–H and O–H groups in total. The Kier molecular flexibility index (Phi) is 5.31. The normalized spacial score (nSPS) is 13.6. The van der Waals surface area contributed by atoms with Gasteiger partial charge in [0.2, 0.25) is 10.0 Å². The molecule has 0 amide bonds. The number of sulfonamides is 1. The number of nitrogens with two attached hydrogens (primary N) is 1. The second-order valence-corrected chi connectivity index (χ2v) is 6.53. The molecule has 0 bridgehead atoms. The first-order chi connectivity index (χ1) is 8.33. The van der Waals surface area contributed by atoms with Gasteiger partial charge in [0.15, 0.2) is 0 Å². The fourth-order valence-corrected chi connectivity index (χ4v) is 2.75. The minimum absolute atomic E-state index is 0.108. The summed E-state index contributed by atoms with van der Waals surface area (Å²) in [5.74, 6) is 0. The molecule has 0 aliphatic heterocycles. The summed E-state index contributed by atoms with van der Waals surface area (Å²) in [4.78, 5) is 0.325. The van der Waals surface area contributed by atoms with Gasteiger partial charge in [-0.05, 0) is 56.9 Å². The van der Waals surface area contributed by atoms with E-state index in [1.54, 1.807) is 12.1 Å². The molecule has 0 saturated heterocycles. The van der Waals surface area contributed by atoms with E-state index in [-0.39, 0.29) is 6.04 Å². The van der Waals surface area contributed by atoms with Gasteiger partial charge < -0.3 is 5.73 Å². The predicted octanol–water partition coefficient (Wildman–Crippen LogP) is 1.71. The maximum absolute atomic E-state index is 12.0. The van der Waals surface area contributed by atoms with Crippen molar-refractivity contribution in [1.82, 2.24) is 4.72 Å². The second-order valence-electron chi connectivity index (χ2n) is 4.76. The number of nitrogens with one attached hydrogen (secondary N) is 1. The van der Waals surface area contributed by atoms with Crippen molar-refractivity contribution in [3.8, 4) is 0 Å². The molecule has 18 heavy (non-hydrogen) atoms. The van der Waals surface area contributed by atoms with Gasteiger partial charge in [0.1, 0.15) is 0 Å². The van der Waals surface area contributed by atoms with Crippen LogP contribution in [0.2, 0.25) is 0 Å². The smallest absolute Gasteiger partial charge is 0.240 e. The van der Waals surface area contributed by atoms with E-state index in [2.05, 4.69) is 4.72 Å². The van der Waals surface area contributed by atoms with Crippen LogP contribution in [0.15, 0.2) is 23.1 Å². The van der Waals surface area contributed by atoms with Gasteiger partial charge in [-0.1, -0.05) is 6.07 Å². The lowest BCUT2D eigenvalue weighted by Gasteiger charge is -2.09. The van der Waals surface area contributed by atoms with Gasteiger partial charge in [-0.2, -0.15) is 0 Å². The Morgan fingerprint density at radius 3 is 2.50 bits per heavy atom. The molecule has 0 saturated carbocycles. The van der Waals surface area contributed by atoms with Gasteiger partial charge in [0.05, 0.1) is 4.90 Å². The molecular weight excluding hydrogens is 248 g/mol. The van der Waals surface area contributed by atoms with Crippen LogP contribution in [0.25, 0.3) is 0 Å². The number of rotatable bonds is 6. The SMILES string of the molecule is Cc1ccc(S(=O)(=O)NCCCC(C)N)cc1C. The summed E-state index contributed by atoms with van der Waals surface area (Å²) in [7, 11) is -3.39. The maximum atomic E-state index is 12.0. The molecule has 4 nitrogen and oxygen atoms in total. The van der Waals surface area contributed by atoms with Crippen molar-refractivity contribution in [2.24, 2.45) is 5.73 Å². The molecule has 0 radical (unpaired) electrons. The molecule has 1 aromatic rings. The topological polar surface area (TPSA) is 72.2 Å². The van der Waals surface area contributed by atoms with Gasteiger partial charge in [-0.15, -0.1) is 0 Å². The molecule has 5 heteroatoms. The van der Waals surface area contributed by atoms with Crippen LogP contribution >= 0.6 is 0 Å². The van der Waals surface area contributed by atoms with E-state index in [1.165, 1.54) is 0 Å². The lowest BCUT2D eigenvalue weighted by molar-refractivity contribution is 0.568. The average Bonchev–Trinajstić information content (AvgIpc) is 2.28. The molecule has 1 aromatic carbocycles. The van der Waals surface area contributed by atoms with Crippen LogP contribution in [0.4, 0.5) is 0 Å². The number of benzene rings is 1. The van der Waals surface area contributed by atoms with Crippen molar-refractivity contribution in [2.45, 2.75) is 44.6 Å². The molecule has 0 heterocycles. The summed E-state index contributed by atoms with van der Waals surface area (Å²) in [5.41, 5.74) is 7.68. The zero-order valence-electron chi connectivity index (χ0n) is 11.2. The highest BCUT2D eigenvalue weighted by atomic mass is 32.2. The second kappa shape index (κ2) is 6.31. The van der Waals surface area contributed by atoms with Crippen LogP contribution in [-0.2, 0) is 10.0 Å². The third-order valence-electron chi connectivity index (χ3n) is 2.92. The summed E-state index contributed by atoms with van der Waals surface area (Å²) in [6, 6.07) is 5.27. The van der Waals surface area contributed by atoms with E-state index in [4.69, 9.17) is 5.73 Å². The lowest BCUT2D eigenvalue weighted by Crippen LogP contribution is -2.26. The summed E-state index contributed by atoms with van der Waals surface area (Å²) in [5, 5.41) is 0. The summed E-state index contributed by atoms with van der Waals surface area (Å²) in [6.07, 6.45) is 1.57. The number of aryl methyl sites for hydroxylation is 2. The Labute approximate surface area is 110 Å². The highest BCUT2D eigenvalue weighted by Gasteiger charge is 2.13. The van der Waals surface area contributed by atoms with Crippen molar-refractivity contribution in [1.29, 1.82) is 0 Å². The third kappa shape index (κ3) is 4.40. The summed E-state index contributed by atoms with van der Waals surface area (Å²) >= 11 is 0. The molecule has 0 spiro atoms. The van der Waals surface area contributed by atoms with Gasteiger partial charge in [-0.25, -0.2) is 13.1 Å². The number of hydrogen-bond acceptors (Lipinski definition) is 3. The van der Waals surface area contributed by atoms with Crippen LogP contribution in [-0.4, -0.2) is 21.0 Å². The first-order valence-electron chi connectivity index (χ1n) is 6.15. The van der Waals surface area contributed by atoms with Gasteiger partial charge in [0, 0.05) is 12.6 Å². The van der Waals surface area contributed by atoms with Crippen LogP contribution < -0.4 is 10.5 Å². The van der Waals surface area contributed by atoms with Crippen molar-refractivity contribution in [3.05, 3.63) is 29.3 Å². The van der Waals surface area contributed by atoms with E-state index in [1.807, 2.05) is 26.8 Å². The van der Waals surface area contributed by atoms with Crippen LogP contribution in [0.1, 0.15) is 30.9 Å². The van der Waals surface area contributed by atoms with Crippen LogP contribution in [0, 0.1) is 13.8 Å². The Bertz CT molecular complexity index is 496. The molecule has 0 aliphatic rings. The van der Waals surface area contributed by atoms with Gasteiger partial charge in [0.25, 0.3) is 0 Å². The highest BCUT2D eigenvalue weighted by Crippen LogP contribution is 2.14. The standard InChI is InChI=1S/C13H22N2O2S/c1-10-6-7-13(9-11(10)2)18(16,17)15-8-4-5-12(3)14/h6-7,9,12,15H,4-5,8,14H2,1-3H3. The Morgan fingerprint density at radius 2 is 1.94 bits per heavy atom. The number of hydrogen-bond donors (Lipinski definition) is 2. The minimum Gasteiger partial charge on any atom is -0.328 e. The van der Waals surface area contributed by atoms with Crippen LogP contribution in [0.3, 0.4) is 0 Å². The highest BCUT2D eigenvalue weighted by molar-refractivity contribution is 7.89. The first kappa shape index (κ1) is 15.1. The fourth-order valence-electron chi connectivity index (χ4n) is 1.59. The summed E-state index contributed by atoms with van der Waals surface area (Å²) in [6.45, 7) is 6.21. The zero-order valence-corrected chi connectivity index (χ0v) is 12.0.